The average Bonchev–Trinajstić information content (AvgIpc) is 2.91. The van der Waals surface area contributed by atoms with Crippen molar-refractivity contribution < 1.29 is 4.79 Å². The first-order chi connectivity index (χ1) is 8.81. The van der Waals surface area contributed by atoms with Gasteiger partial charge in [0.05, 0.1) is 11.9 Å². The van der Waals surface area contributed by atoms with Gasteiger partial charge >= 0.3 is 0 Å². The predicted molar refractivity (Wildman–Crippen MR) is 70.6 cm³/mol. The summed E-state index contributed by atoms with van der Waals surface area (Å²) < 4.78 is 0. The molecule has 0 spiro atoms. The fourth-order valence-electron chi connectivity index (χ4n) is 1.55. The van der Waals surface area contributed by atoms with Crippen LogP contribution in [0.15, 0.2) is 35.9 Å². The second kappa shape index (κ2) is 6.20. The third kappa shape index (κ3) is 3.10. The molecule has 0 saturated carbocycles. The van der Waals surface area contributed by atoms with E-state index in [-0.39, 0.29) is 5.91 Å². The Morgan fingerprint density at radius 3 is 3.17 bits per heavy atom. The number of nitrogens with zero attached hydrogens (tertiary/aromatic N) is 2. The Balaban J connectivity index is 1.91. The van der Waals surface area contributed by atoms with Gasteiger partial charge in [0.15, 0.2) is 0 Å². The second-order valence-electron chi connectivity index (χ2n) is 3.64. The molecule has 2 N–H and O–H groups in total. The van der Waals surface area contributed by atoms with Crippen molar-refractivity contribution in [2.75, 3.05) is 12.8 Å². The first kappa shape index (κ1) is 12.6. The van der Waals surface area contributed by atoms with Gasteiger partial charge in [-0.05, 0) is 18.4 Å². The van der Waals surface area contributed by atoms with Crippen LogP contribution in [0.2, 0.25) is 0 Å². The molecule has 0 radical (unpaired) electrons. The van der Waals surface area contributed by atoms with Crippen LogP contribution in [0, 0.1) is 0 Å². The average molecular weight is 262 g/mol. The molecule has 0 aromatic carbocycles. The number of carbonyl (C=O) groups excluding carboxylic acids is 1. The minimum absolute atomic E-state index is 0.0908. The molecule has 0 fully saturated rings. The Bertz CT molecular complexity index is 513. The highest BCUT2D eigenvalue weighted by molar-refractivity contribution is 7.98. The van der Waals surface area contributed by atoms with Gasteiger partial charge in [-0.2, -0.15) is 0 Å². The van der Waals surface area contributed by atoms with Gasteiger partial charge in [0.1, 0.15) is 5.03 Å². The standard InChI is InChI=1S/C12H14N4OS/c1-18-12-10(3-2-5-15-12)11(17)14-6-4-9-7-13-8-16-9/h2-3,5,7-8H,4,6H2,1H3,(H,13,16)(H,14,17). The first-order valence-corrected chi connectivity index (χ1v) is 6.78. The lowest BCUT2D eigenvalue weighted by atomic mass is 10.2. The fraction of sp³-hybridized carbons (Fsp3) is 0.250. The van der Waals surface area contributed by atoms with Crippen molar-refractivity contribution in [1.82, 2.24) is 20.3 Å². The third-order valence-corrected chi connectivity index (χ3v) is 3.16. The Labute approximate surface area is 109 Å². The lowest BCUT2D eigenvalue weighted by Crippen LogP contribution is -2.26. The van der Waals surface area contributed by atoms with Crippen LogP contribution in [0.3, 0.4) is 0 Å². The van der Waals surface area contributed by atoms with Crippen molar-refractivity contribution in [3.05, 3.63) is 42.1 Å². The summed E-state index contributed by atoms with van der Waals surface area (Å²) in [6, 6.07) is 3.55. The SMILES string of the molecule is CSc1ncccc1C(=O)NCCc1cnc[nH]1. The molecule has 0 bridgehead atoms. The van der Waals surface area contributed by atoms with Gasteiger partial charge in [0.25, 0.3) is 5.91 Å². The van der Waals surface area contributed by atoms with Crippen LogP contribution in [0.1, 0.15) is 16.1 Å². The highest BCUT2D eigenvalue weighted by Gasteiger charge is 2.10. The minimum atomic E-state index is -0.0908. The normalized spacial score (nSPS) is 10.3. The number of hydrogen-bond acceptors (Lipinski definition) is 4. The number of aromatic nitrogens is 3. The summed E-state index contributed by atoms with van der Waals surface area (Å²) in [5.41, 5.74) is 1.63. The Morgan fingerprint density at radius 1 is 1.56 bits per heavy atom. The van der Waals surface area contributed by atoms with Gasteiger partial charge in [-0.1, -0.05) is 0 Å². The maximum atomic E-state index is 12.0. The molecule has 2 rings (SSSR count). The van der Waals surface area contributed by atoms with Crippen molar-refractivity contribution in [3.63, 3.8) is 0 Å². The van der Waals surface area contributed by atoms with Crippen molar-refractivity contribution in [2.24, 2.45) is 0 Å². The molecule has 0 aliphatic rings. The first-order valence-electron chi connectivity index (χ1n) is 5.55. The molecule has 1 amide bonds. The number of H-pyrrole nitrogens is 1. The van der Waals surface area contributed by atoms with Crippen molar-refractivity contribution in [3.8, 4) is 0 Å². The van der Waals surface area contributed by atoms with Crippen LogP contribution in [-0.2, 0) is 6.42 Å². The van der Waals surface area contributed by atoms with Crippen LogP contribution in [0.5, 0.6) is 0 Å². The molecule has 94 valence electrons. The topological polar surface area (TPSA) is 70.7 Å². The van der Waals surface area contributed by atoms with E-state index in [1.54, 1.807) is 30.9 Å². The molecule has 0 saturated heterocycles. The molecule has 6 heteroatoms. The van der Waals surface area contributed by atoms with Gasteiger partial charge in [0.2, 0.25) is 0 Å². The zero-order chi connectivity index (χ0) is 12.8. The largest absolute Gasteiger partial charge is 0.352 e. The van der Waals surface area contributed by atoms with Gasteiger partial charge in [0, 0.05) is 31.1 Å². The fourth-order valence-corrected chi connectivity index (χ4v) is 2.10. The molecule has 2 aromatic rings. The smallest absolute Gasteiger partial charge is 0.254 e. The summed E-state index contributed by atoms with van der Waals surface area (Å²) in [6.07, 6.45) is 7.71. The van der Waals surface area contributed by atoms with E-state index in [1.807, 2.05) is 6.26 Å². The number of imidazole rings is 1. The van der Waals surface area contributed by atoms with Gasteiger partial charge in [-0.25, -0.2) is 9.97 Å². The van der Waals surface area contributed by atoms with E-state index in [9.17, 15) is 4.79 Å². The summed E-state index contributed by atoms with van der Waals surface area (Å²) >= 11 is 1.47. The van der Waals surface area contributed by atoms with Gasteiger partial charge < -0.3 is 10.3 Å². The molecule has 0 aliphatic heterocycles. The number of aromatic amines is 1. The van der Waals surface area contributed by atoms with E-state index >= 15 is 0 Å². The molecular weight excluding hydrogens is 248 g/mol. The molecule has 2 heterocycles. The number of carbonyl (C=O) groups is 1. The second-order valence-corrected chi connectivity index (χ2v) is 4.44. The maximum Gasteiger partial charge on any atom is 0.254 e. The molecule has 18 heavy (non-hydrogen) atoms. The lowest BCUT2D eigenvalue weighted by molar-refractivity contribution is 0.0950. The molecule has 2 aromatic heterocycles. The van der Waals surface area contributed by atoms with Crippen LogP contribution in [0.4, 0.5) is 0 Å². The summed E-state index contributed by atoms with van der Waals surface area (Å²) in [5.74, 6) is -0.0908. The minimum Gasteiger partial charge on any atom is -0.352 e. The van der Waals surface area contributed by atoms with Crippen LogP contribution >= 0.6 is 11.8 Å². The Kier molecular flexibility index (Phi) is 4.35. The molecule has 0 unspecified atom stereocenters. The van der Waals surface area contributed by atoms with E-state index in [0.29, 0.717) is 12.1 Å². The Hall–Kier alpha value is -1.82. The van der Waals surface area contributed by atoms with E-state index in [2.05, 4.69) is 20.3 Å². The molecule has 0 atom stereocenters. The van der Waals surface area contributed by atoms with Crippen LogP contribution in [0.25, 0.3) is 0 Å². The number of hydrogen-bond donors (Lipinski definition) is 2. The third-order valence-electron chi connectivity index (χ3n) is 2.44. The molecule has 5 nitrogen and oxygen atoms in total. The summed E-state index contributed by atoms with van der Waals surface area (Å²) in [4.78, 5) is 23.0. The predicted octanol–water partition coefficient (Wildman–Crippen LogP) is 1.50. The number of pyridine rings is 1. The van der Waals surface area contributed by atoms with Crippen molar-refractivity contribution in [2.45, 2.75) is 11.4 Å². The summed E-state index contributed by atoms with van der Waals surface area (Å²) in [7, 11) is 0. The number of rotatable bonds is 5. The van der Waals surface area contributed by atoms with Crippen LogP contribution in [-0.4, -0.2) is 33.7 Å². The summed E-state index contributed by atoms with van der Waals surface area (Å²) in [6.45, 7) is 0.573. The number of thioether (sulfide) groups is 1. The number of amides is 1. The zero-order valence-corrected chi connectivity index (χ0v) is 10.8. The maximum absolute atomic E-state index is 12.0. The van der Waals surface area contributed by atoms with Crippen molar-refractivity contribution >= 4 is 17.7 Å². The van der Waals surface area contributed by atoms with Gasteiger partial charge in [-0.3, -0.25) is 4.79 Å². The van der Waals surface area contributed by atoms with Crippen molar-refractivity contribution in [1.29, 1.82) is 0 Å². The molecular formula is C12H14N4OS. The van der Waals surface area contributed by atoms with Gasteiger partial charge in [-0.15, -0.1) is 11.8 Å². The monoisotopic (exact) mass is 262 g/mol. The lowest BCUT2D eigenvalue weighted by Gasteiger charge is -2.06. The van der Waals surface area contributed by atoms with E-state index in [1.165, 1.54) is 11.8 Å². The quantitative estimate of drug-likeness (QED) is 0.801. The zero-order valence-electron chi connectivity index (χ0n) is 10.0. The van der Waals surface area contributed by atoms with E-state index < -0.39 is 0 Å². The molecule has 0 aliphatic carbocycles. The van der Waals surface area contributed by atoms with E-state index in [0.717, 1.165) is 17.1 Å². The highest BCUT2D eigenvalue weighted by atomic mass is 32.2. The Morgan fingerprint density at radius 2 is 2.44 bits per heavy atom. The van der Waals surface area contributed by atoms with Crippen LogP contribution < -0.4 is 5.32 Å². The van der Waals surface area contributed by atoms with E-state index in [4.69, 9.17) is 0 Å². The number of nitrogens with one attached hydrogen (secondary N) is 2. The summed E-state index contributed by atoms with van der Waals surface area (Å²) in [5, 5.41) is 3.62. The highest BCUT2D eigenvalue weighted by Crippen LogP contribution is 2.16.